The van der Waals surface area contributed by atoms with Crippen molar-refractivity contribution in [3.05, 3.63) is 81.1 Å². The third-order valence-electron chi connectivity index (χ3n) is 6.31. The molecule has 190 valence electrons. The van der Waals surface area contributed by atoms with E-state index in [1.165, 1.54) is 22.3 Å². The van der Waals surface area contributed by atoms with E-state index in [0.29, 0.717) is 37.5 Å². The Balaban J connectivity index is 1.58. The number of nitro benzene ring substituents is 1. The maximum Gasteiger partial charge on any atom is 0.293 e. The number of aromatic nitrogens is 2. The molecule has 1 aliphatic rings. The number of fused-ring (bicyclic) bond motifs is 1. The fourth-order valence-electron chi connectivity index (χ4n) is 4.46. The molecule has 2 aromatic heterocycles. The first-order chi connectivity index (χ1) is 18.0. The molecule has 1 amide bonds. The van der Waals surface area contributed by atoms with Crippen molar-refractivity contribution in [2.24, 2.45) is 0 Å². The summed E-state index contributed by atoms with van der Waals surface area (Å²) in [6.45, 7) is 1.64. The molecule has 0 aliphatic carbocycles. The van der Waals surface area contributed by atoms with Gasteiger partial charge in [0.15, 0.2) is 5.13 Å². The van der Waals surface area contributed by atoms with Crippen LogP contribution in [0.25, 0.3) is 10.2 Å². The summed E-state index contributed by atoms with van der Waals surface area (Å²) in [6, 6.07) is 13.6. The fourth-order valence-corrected chi connectivity index (χ4v) is 5.72. The molecule has 2 aromatic carbocycles. The Labute approximate surface area is 222 Å². The smallest absolute Gasteiger partial charge is 0.293 e. The van der Waals surface area contributed by atoms with Crippen LogP contribution in [0, 0.1) is 10.1 Å². The molecule has 9 nitrogen and oxygen atoms in total. The van der Waals surface area contributed by atoms with Crippen LogP contribution >= 0.6 is 22.9 Å². The molecule has 0 spiro atoms. The number of rotatable bonds is 7. The number of hydrogen-bond donors (Lipinski definition) is 0. The van der Waals surface area contributed by atoms with Crippen molar-refractivity contribution in [2.45, 2.75) is 25.8 Å². The number of nitro groups is 1. The number of hydrogen-bond acceptors (Lipinski definition) is 8. The van der Waals surface area contributed by atoms with E-state index in [4.69, 9.17) is 16.3 Å². The van der Waals surface area contributed by atoms with Crippen molar-refractivity contribution in [1.29, 1.82) is 0 Å². The Kier molecular flexibility index (Phi) is 7.20. The number of pyridine rings is 1. The molecule has 1 aliphatic heterocycles. The van der Waals surface area contributed by atoms with E-state index < -0.39 is 10.8 Å². The SMILES string of the molecule is COc1ccc(Cl)c2sc(N(Cc3ccccn3)C(=O)c3ccc(N4CCCCC4)c([N+](=O)[O-])c3)nc12. The minimum absolute atomic E-state index is 0.0838. The lowest BCUT2D eigenvalue weighted by Gasteiger charge is -2.28. The van der Waals surface area contributed by atoms with Gasteiger partial charge in [0, 0.05) is 30.9 Å². The van der Waals surface area contributed by atoms with Gasteiger partial charge in [-0.1, -0.05) is 29.0 Å². The van der Waals surface area contributed by atoms with Crippen molar-refractivity contribution in [1.82, 2.24) is 9.97 Å². The summed E-state index contributed by atoms with van der Waals surface area (Å²) < 4.78 is 6.12. The summed E-state index contributed by atoms with van der Waals surface area (Å²) in [5.41, 5.74) is 1.84. The Morgan fingerprint density at radius 1 is 1.19 bits per heavy atom. The summed E-state index contributed by atoms with van der Waals surface area (Å²) in [6.07, 6.45) is 4.73. The van der Waals surface area contributed by atoms with E-state index in [2.05, 4.69) is 9.97 Å². The normalized spacial score (nSPS) is 13.5. The van der Waals surface area contributed by atoms with E-state index in [-0.39, 0.29) is 17.8 Å². The lowest BCUT2D eigenvalue weighted by Crippen LogP contribution is -2.32. The van der Waals surface area contributed by atoms with Crippen LogP contribution in [-0.2, 0) is 6.54 Å². The van der Waals surface area contributed by atoms with Crippen LogP contribution in [0.4, 0.5) is 16.5 Å². The zero-order valence-electron chi connectivity index (χ0n) is 20.1. The zero-order chi connectivity index (χ0) is 25.9. The van der Waals surface area contributed by atoms with Gasteiger partial charge >= 0.3 is 0 Å². The molecule has 4 aromatic rings. The van der Waals surface area contributed by atoms with Crippen molar-refractivity contribution in [2.75, 3.05) is 30.0 Å². The van der Waals surface area contributed by atoms with Gasteiger partial charge in [0.1, 0.15) is 17.0 Å². The molecule has 0 atom stereocenters. The predicted molar refractivity (Wildman–Crippen MR) is 145 cm³/mol. The van der Waals surface area contributed by atoms with Crippen LogP contribution in [0.2, 0.25) is 5.02 Å². The number of methoxy groups -OCH3 is 1. The highest BCUT2D eigenvalue weighted by Gasteiger charge is 2.28. The number of amides is 1. The van der Waals surface area contributed by atoms with Gasteiger partial charge in [-0.25, -0.2) is 4.98 Å². The van der Waals surface area contributed by atoms with E-state index in [1.54, 1.807) is 43.6 Å². The highest BCUT2D eigenvalue weighted by atomic mass is 35.5. The quantitative estimate of drug-likeness (QED) is 0.207. The van der Waals surface area contributed by atoms with Gasteiger partial charge < -0.3 is 9.64 Å². The molecule has 37 heavy (non-hydrogen) atoms. The first-order valence-electron chi connectivity index (χ1n) is 11.8. The van der Waals surface area contributed by atoms with E-state index in [0.717, 1.165) is 32.4 Å². The standard InChI is InChI=1S/C26H24ClN5O4S/c1-36-22-11-9-19(27)24-23(22)29-26(37-24)31(16-18-7-3-4-12-28-18)25(33)17-8-10-20(21(15-17)32(34)35)30-13-5-2-6-14-30/h3-4,7-12,15H,2,5-6,13-14,16H2,1H3. The number of carbonyl (C=O) groups is 1. The van der Waals surface area contributed by atoms with Crippen LogP contribution in [0.5, 0.6) is 5.75 Å². The van der Waals surface area contributed by atoms with E-state index in [9.17, 15) is 14.9 Å². The minimum Gasteiger partial charge on any atom is -0.494 e. The number of piperidine rings is 1. The molecule has 0 N–H and O–H groups in total. The lowest BCUT2D eigenvalue weighted by atomic mass is 10.1. The van der Waals surface area contributed by atoms with E-state index in [1.807, 2.05) is 17.0 Å². The third kappa shape index (κ3) is 5.07. The van der Waals surface area contributed by atoms with Crippen LogP contribution in [0.3, 0.4) is 0 Å². The zero-order valence-corrected chi connectivity index (χ0v) is 21.7. The third-order valence-corrected chi connectivity index (χ3v) is 7.84. The average Bonchev–Trinajstić information content (AvgIpc) is 3.38. The fraction of sp³-hybridized carbons (Fsp3) is 0.269. The lowest BCUT2D eigenvalue weighted by molar-refractivity contribution is -0.384. The van der Waals surface area contributed by atoms with Gasteiger partial charge in [0.05, 0.1) is 34.0 Å². The number of nitrogens with zero attached hydrogens (tertiary/aromatic N) is 5. The number of carbonyl (C=O) groups excluding carboxylic acids is 1. The predicted octanol–water partition coefficient (Wildman–Crippen LogP) is 6.10. The molecule has 1 fully saturated rings. The second-order valence-electron chi connectivity index (χ2n) is 8.64. The van der Waals surface area contributed by atoms with Crippen LogP contribution in [0.15, 0.2) is 54.7 Å². The molecule has 0 radical (unpaired) electrons. The van der Waals surface area contributed by atoms with Gasteiger partial charge in [-0.2, -0.15) is 0 Å². The maximum atomic E-state index is 13.9. The average molecular weight is 538 g/mol. The Morgan fingerprint density at radius 2 is 2.00 bits per heavy atom. The Morgan fingerprint density at radius 3 is 2.70 bits per heavy atom. The second-order valence-corrected chi connectivity index (χ2v) is 10.0. The Bertz CT molecular complexity index is 1460. The summed E-state index contributed by atoms with van der Waals surface area (Å²) in [4.78, 5) is 38.0. The van der Waals surface area contributed by atoms with Gasteiger partial charge in [-0.05, 0) is 55.7 Å². The van der Waals surface area contributed by atoms with E-state index >= 15 is 0 Å². The monoisotopic (exact) mass is 537 g/mol. The largest absolute Gasteiger partial charge is 0.494 e. The van der Waals surface area contributed by atoms with Crippen molar-refractivity contribution in [3.63, 3.8) is 0 Å². The van der Waals surface area contributed by atoms with Gasteiger partial charge in [-0.3, -0.25) is 24.8 Å². The molecule has 0 bridgehead atoms. The highest BCUT2D eigenvalue weighted by Crippen LogP contribution is 2.40. The summed E-state index contributed by atoms with van der Waals surface area (Å²) >= 11 is 7.68. The number of thiazole rings is 1. The highest BCUT2D eigenvalue weighted by molar-refractivity contribution is 7.23. The molecule has 3 heterocycles. The van der Waals surface area contributed by atoms with Gasteiger partial charge in [0.2, 0.25) is 0 Å². The second kappa shape index (κ2) is 10.7. The number of halogens is 1. The molecule has 5 rings (SSSR count). The first-order valence-corrected chi connectivity index (χ1v) is 13.0. The number of benzene rings is 2. The van der Waals surface area contributed by atoms with Crippen molar-refractivity contribution < 1.29 is 14.5 Å². The first kappa shape index (κ1) is 24.9. The van der Waals surface area contributed by atoms with Crippen LogP contribution in [-0.4, -0.2) is 41.0 Å². The maximum absolute atomic E-state index is 13.9. The van der Waals surface area contributed by atoms with Gasteiger partial charge in [0.25, 0.3) is 11.6 Å². The number of ether oxygens (including phenoxy) is 1. The van der Waals surface area contributed by atoms with Gasteiger partial charge in [-0.15, -0.1) is 0 Å². The van der Waals surface area contributed by atoms with Crippen molar-refractivity contribution in [3.8, 4) is 5.75 Å². The molecular formula is C26H24ClN5O4S. The Hall–Kier alpha value is -3.76. The topological polar surface area (TPSA) is 102 Å². The molecular weight excluding hydrogens is 514 g/mol. The number of anilines is 2. The molecule has 1 saturated heterocycles. The summed E-state index contributed by atoms with van der Waals surface area (Å²) in [5.74, 6) is 0.113. The molecule has 0 saturated carbocycles. The van der Waals surface area contributed by atoms with Crippen molar-refractivity contribution >= 4 is 55.6 Å². The van der Waals surface area contributed by atoms with Crippen LogP contribution in [0.1, 0.15) is 35.3 Å². The van der Waals surface area contributed by atoms with Crippen LogP contribution < -0.4 is 14.5 Å². The molecule has 0 unspecified atom stereocenters. The minimum atomic E-state index is -0.424. The summed E-state index contributed by atoms with van der Waals surface area (Å²) in [7, 11) is 1.54. The molecule has 11 heteroatoms. The summed E-state index contributed by atoms with van der Waals surface area (Å²) in [5, 5.41) is 12.9.